The second-order valence-electron chi connectivity index (χ2n) is 8.32. The highest BCUT2D eigenvalue weighted by Gasteiger charge is 2.29. The molecule has 0 saturated carbocycles. The average molecular weight is 477 g/mol. The second-order valence-corrected chi connectivity index (χ2v) is 10.3. The van der Waals surface area contributed by atoms with Crippen molar-refractivity contribution in [1.82, 2.24) is 14.9 Å². The molecule has 4 rings (SSSR count). The molecule has 1 aromatic carbocycles. The number of anilines is 1. The predicted molar refractivity (Wildman–Crippen MR) is 122 cm³/mol. The summed E-state index contributed by atoms with van der Waals surface area (Å²) in [5.74, 6) is -0.930. The molecule has 0 unspecified atom stereocenters. The van der Waals surface area contributed by atoms with Crippen LogP contribution in [0.1, 0.15) is 53.5 Å². The molecule has 2 aliphatic rings. The first-order valence-corrected chi connectivity index (χ1v) is 12.6. The van der Waals surface area contributed by atoms with Crippen molar-refractivity contribution in [3.63, 3.8) is 0 Å². The van der Waals surface area contributed by atoms with Crippen LogP contribution in [0, 0.1) is 0 Å². The van der Waals surface area contributed by atoms with Gasteiger partial charge in [-0.3, -0.25) is 18.5 Å². The van der Waals surface area contributed by atoms with Gasteiger partial charge in [-0.15, -0.1) is 0 Å². The number of nitrogens with one attached hydrogen (secondary N) is 1. The van der Waals surface area contributed by atoms with Crippen molar-refractivity contribution in [2.75, 3.05) is 29.8 Å². The van der Waals surface area contributed by atoms with Crippen molar-refractivity contribution in [3.05, 3.63) is 51.7 Å². The van der Waals surface area contributed by atoms with E-state index in [9.17, 15) is 23.1 Å². The van der Waals surface area contributed by atoms with Gasteiger partial charge in [0.1, 0.15) is 5.82 Å². The van der Waals surface area contributed by atoms with Crippen molar-refractivity contribution in [2.45, 2.75) is 38.1 Å². The number of aromatic hydroxyl groups is 1. The fraction of sp³-hybridized carbons (Fsp3) is 0.500. The molecule has 2 aliphatic heterocycles. The van der Waals surface area contributed by atoms with Gasteiger partial charge in [-0.05, 0) is 37.3 Å². The van der Waals surface area contributed by atoms with E-state index >= 15 is 0 Å². The maximum Gasteiger partial charge on any atom is 0.296 e. The van der Waals surface area contributed by atoms with E-state index in [1.807, 2.05) is 0 Å². The summed E-state index contributed by atoms with van der Waals surface area (Å²) in [6, 6.07) is 6.96. The Hall–Kier alpha value is -2.92. The van der Waals surface area contributed by atoms with E-state index in [0.717, 1.165) is 6.42 Å². The molecule has 0 bridgehead atoms. The van der Waals surface area contributed by atoms with Crippen molar-refractivity contribution >= 4 is 21.6 Å². The maximum atomic E-state index is 12.9. The number of nitrogens with zero attached hydrogens (tertiary/aromatic N) is 3. The molecule has 33 heavy (non-hydrogen) atoms. The molecule has 0 aliphatic carbocycles. The molecule has 0 atom stereocenters. The highest BCUT2D eigenvalue weighted by molar-refractivity contribution is 7.92. The zero-order valence-corrected chi connectivity index (χ0v) is 19.3. The van der Waals surface area contributed by atoms with Crippen molar-refractivity contribution in [2.24, 2.45) is 7.05 Å². The molecular formula is C22H28N4O6S. The van der Waals surface area contributed by atoms with Crippen LogP contribution in [0.2, 0.25) is 0 Å². The lowest BCUT2D eigenvalue weighted by Gasteiger charge is -2.30. The summed E-state index contributed by atoms with van der Waals surface area (Å²) in [5.41, 5.74) is 0.116. The Morgan fingerprint density at radius 3 is 2.70 bits per heavy atom. The average Bonchev–Trinajstić information content (AvgIpc) is 2.82. The molecule has 2 aromatic rings. The molecule has 2 saturated heterocycles. The molecule has 178 valence electrons. The number of amides is 1. The highest BCUT2D eigenvalue weighted by Crippen LogP contribution is 2.28. The number of aromatic nitrogens is 2. The van der Waals surface area contributed by atoms with Gasteiger partial charge in [0.05, 0.1) is 11.4 Å². The van der Waals surface area contributed by atoms with Gasteiger partial charge in [0.15, 0.2) is 5.69 Å². The number of hydrogen-bond acceptors (Lipinski definition) is 7. The van der Waals surface area contributed by atoms with Crippen LogP contribution in [-0.2, 0) is 28.4 Å². The van der Waals surface area contributed by atoms with Crippen molar-refractivity contribution < 1.29 is 23.1 Å². The summed E-state index contributed by atoms with van der Waals surface area (Å²) >= 11 is 0. The highest BCUT2D eigenvalue weighted by atomic mass is 32.2. The Bertz CT molecular complexity index is 1200. The van der Waals surface area contributed by atoms with Crippen molar-refractivity contribution in [3.8, 4) is 5.75 Å². The lowest BCUT2D eigenvalue weighted by Crippen LogP contribution is -2.39. The first-order valence-electron chi connectivity index (χ1n) is 11.0. The first-order chi connectivity index (χ1) is 15.8. The van der Waals surface area contributed by atoms with Crippen LogP contribution >= 0.6 is 0 Å². The summed E-state index contributed by atoms with van der Waals surface area (Å²) in [5, 5.41) is 13.0. The number of rotatable bonds is 5. The van der Waals surface area contributed by atoms with E-state index in [-0.39, 0.29) is 23.9 Å². The molecule has 0 radical (unpaired) electrons. The zero-order chi connectivity index (χ0) is 23.6. The van der Waals surface area contributed by atoms with Crippen LogP contribution in [0.4, 0.5) is 5.69 Å². The molecule has 11 heteroatoms. The number of benzene rings is 1. The molecule has 1 amide bonds. The van der Waals surface area contributed by atoms with Gasteiger partial charge in [-0.25, -0.2) is 13.4 Å². The molecule has 2 fully saturated rings. The minimum absolute atomic E-state index is 0.0178. The Labute approximate surface area is 192 Å². The third kappa shape index (κ3) is 4.74. The van der Waals surface area contributed by atoms with E-state index in [4.69, 9.17) is 4.74 Å². The quantitative estimate of drug-likeness (QED) is 0.664. The van der Waals surface area contributed by atoms with Crippen LogP contribution in [0.25, 0.3) is 0 Å². The summed E-state index contributed by atoms with van der Waals surface area (Å²) in [4.78, 5) is 29.8. The molecule has 0 spiro atoms. The Balaban J connectivity index is 1.58. The molecule has 2 N–H and O–H groups in total. The normalized spacial score (nSPS) is 18.8. The molecule has 3 heterocycles. The Morgan fingerprint density at radius 1 is 1.24 bits per heavy atom. The van der Waals surface area contributed by atoms with Crippen LogP contribution < -0.4 is 15.2 Å². The van der Waals surface area contributed by atoms with Crippen LogP contribution in [-0.4, -0.2) is 54.5 Å². The second kappa shape index (κ2) is 9.52. The lowest BCUT2D eigenvalue weighted by atomic mass is 9.99. The standard InChI is InChI=1S/C22H28N4O6S/c1-25-20(15-8-11-32-12-9-15)24-18(19(27)22(25)29)21(28)23-14-16-6-2-3-7-17(16)26-10-4-5-13-33(26,30)31/h2-3,6-7,15,27H,4-5,8-14H2,1H3,(H,23,28). The summed E-state index contributed by atoms with van der Waals surface area (Å²) in [6.45, 7) is 1.49. The number of hydrogen-bond donors (Lipinski definition) is 2. The topological polar surface area (TPSA) is 131 Å². The predicted octanol–water partition coefficient (Wildman–Crippen LogP) is 1.24. The van der Waals surface area contributed by atoms with Gasteiger partial charge >= 0.3 is 0 Å². The van der Waals surface area contributed by atoms with Gasteiger partial charge in [0.25, 0.3) is 11.5 Å². The fourth-order valence-corrected chi connectivity index (χ4v) is 5.98. The number of ether oxygens (including phenoxy) is 1. The van der Waals surface area contributed by atoms with E-state index < -0.39 is 27.2 Å². The van der Waals surface area contributed by atoms with Gasteiger partial charge in [0.2, 0.25) is 15.8 Å². The molecule has 1 aromatic heterocycles. The number of carbonyl (C=O) groups excluding carboxylic acids is 1. The van der Waals surface area contributed by atoms with E-state index in [0.29, 0.717) is 56.1 Å². The smallest absolute Gasteiger partial charge is 0.296 e. The summed E-state index contributed by atoms with van der Waals surface area (Å²) in [7, 11) is -1.89. The van der Waals surface area contributed by atoms with Gasteiger partial charge in [-0.1, -0.05) is 18.2 Å². The minimum atomic E-state index is -3.41. The Kier molecular flexibility index (Phi) is 6.71. The lowest BCUT2D eigenvalue weighted by molar-refractivity contribution is 0.0824. The SMILES string of the molecule is Cn1c(C2CCOCC2)nc(C(=O)NCc2ccccc2N2CCCCS2(=O)=O)c(O)c1=O. The number of carbonyl (C=O) groups is 1. The van der Waals surface area contributed by atoms with Crippen LogP contribution in [0.5, 0.6) is 5.75 Å². The van der Waals surface area contributed by atoms with Gasteiger partial charge in [0, 0.05) is 39.3 Å². The monoisotopic (exact) mass is 476 g/mol. The van der Waals surface area contributed by atoms with Crippen LogP contribution in [0.15, 0.2) is 29.1 Å². The fourth-order valence-electron chi connectivity index (χ4n) is 4.31. The molecule has 10 nitrogen and oxygen atoms in total. The van der Waals surface area contributed by atoms with Crippen LogP contribution in [0.3, 0.4) is 0 Å². The summed E-state index contributed by atoms with van der Waals surface area (Å²) < 4.78 is 33.1. The van der Waals surface area contributed by atoms with Gasteiger partial charge in [-0.2, -0.15) is 0 Å². The van der Waals surface area contributed by atoms with Gasteiger partial charge < -0.3 is 15.2 Å². The number of sulfonamides is 1. The molecular weight excluding hydrogens is 448 g/mol. The van der Waals surface area contributed by atoms with E-state index in [2.05, 4.69) is 10.3 Å². The third-order valence-electron chi connectivity index (χ3n) is 6.15. The van der Waals surface area contributed by atoms with E-state index in [1.54, 1.807) is 24.3 Å². The third-order valence-corrected chi connectivity index (χ3v) is 8.01. The maximum absolute atomic E-state index is 12.9. The zero-order valence-electron chi connectivity index (χ0n) is 18.5. The Morgan fingerprint density at radius 2 is 1.97 bits per heavy atom. The number of para-hydroxylation sites is 1. The largest absolute Gasteiger partial charge is 0.501 e. The van der Waals surface area contributed by atoms with E-state index in [1.165, 1.54) is 15.9 Å². The first kappa shape index (κ1) is 23.2. The minimum Gasteiger partial charge on any atom is -0.501 e. The van der Waals surface area contributed by atoms with Crippen molar-refractivity contribution in [1.29, 1.82) is 0 Å². The summed E-state index contributed by atoms with van der Waals surface area (Å²) in [6.07, 6.45) is 2.73.